The summed E-state index contributed by atoms with van der Waals surface area (Å²) in [5.74, 6) is -7.34. The van der Waals surface area contributed by atoms with E-state index >= 15 is 0 Å². The number of benzene rings is 4. The van der Waals surface area contributed by atoms with Gasteiger partial charge in [0, 0.05) is 12.1 Å². The minimum absolute atomic E-state index is 0.582. The van der Waals surface area contributed by atoms with Crippen molar-refractivity contribution >= 4 is 11.4 Å². The minimum atomic E-state index is -1.84. The molecule has 2 nitrogen and oxygen atoms in total. The van der Waals surface area contributed by atoms with Crippen molar-refractivity contribution in [2.24, 2.45) is 0 Å². The van der Waals surface area contributed by atoms with Gasteiger partial charge in [0.25, 0.3) is 0 Å². The molecule has 2 atom stereocenters. The summed E-state index contributed by atoms with van der Waals surface area (Å²) in [6, 6.07) is 15.2. The van der Waals surface area contributed by atoms with Crippen molar-refractivity contribution in [2.45, 2.75) is 25.9 Å². The van der Waals surface area contributed by atoms with Gasteiger partial charge in [-0.25, -0.2) is 35.1 Å². The summed E-state index contributed by atoms with van der Waals surface area (Å²) in [6.45, 7) is 3.04. The van der Waals surface area contributed by atoms with Gasteiger partial charge in [0.15, 0.2) is 46.5 Å². The molecule has 0 saturated heterocycles. The molecule has 0 aliphatic rings. The van der Waals surface area contributed by atoms with Gasteiger partial charge in [0.2, 0.25) is 0 Å². The number of hydrogen-bond acceptors (Lipinski definition) is 2. The largest absolute Gasteiger partial charge is 0.374 e. The third-order valence-electron chi connectivity index (χ3n) is 6.29. The Labute approximate surface area is 236 Å². The van der Waals surface area contributed by atoms with E-state index in [0.29, 0.717) is 11.1 Å². The Morgan fingerprint density at radius 2 is 0.738 bits per heavy atom. The van der Waals surface area contributed by atoms with Gasteiger partial charge in [-0.15, -0.1) is 0 Å². The fourth-order valence-corrected chi connectivity index (χ4v) is 4.01. The van der Waals surface area contributed by atoms with Crippen LogP contribution in [0.5, 0.6) is 0 Å². The van der Waals surface area contributed by atoms with E-state index in [1.165, 1.54) is 13.8 Å². The maximum absolute atomic E-state index is 14.6. The molecule has 0 spiro atoms. The monoisotopic (exact) mass is 584 g/mol. The summed E-state index contributed by atoms with van der Waals surface area (Å²) < 4.78 is 117. The second-order valence-corrected chi connectivity index (χ2v) is 9.07. The van der Waals surface area contributed by atoms with Gasteiger partial charge in [-0.3, -0.25) is 0 Å². The molecule has 214 valence electrons. The summed E-state index contributed by atoms with van der Waals surface area (Å²) in [7, 11) is 0. The Bertz CT molecular complexity index is 1560. The Kier molecular flexibility index (Phi) is 9.07. The van der Waals surface area contributed by atoms with Crippen molar-refractivity contribution in [1.29, 1.82) is 0 Å². The van der Waals surface area contributed by atoms with Crippen LogP contribution in [-0.2, 0) is 0 Å². The van der Waals surface area contributed by atoms with Crippen LogP contribution in [0.1, 0.15) is 48.2 Å². The molecule has 42 heavy (non-hydrogen) atoms. The van der Waals surface area contributed by atoms with Crippen LogP contribution < -0.4 is 10.6 Å². The van der Waals surface area contributed by atoms with E-state index in [4.69, 9.17) is 0 Å². The number of rotatable bonds is 6. The Hall–Kier alpha value is -4.96. The maximum Gasteiger partial charge on any atom is 0.186 e. The average molecular weight is 585 g/mol. The van der Waals surface area contributed by atoms with Gasteiger partial charge >= 0.3 is 0 Å². The standard InChI is InChI=1S/C32H20F8N2/c1-17(19-11-5-3-6-12-19)41-31-27(37)23(33)21(24(34)28(31)38)15-9-10-16-22-25(35)29(39)32(30(40)26(22)36)42-18(2)20-13-7-4-8-14-20/h3-8,11-14,17-18,41-42H,1-2H3. The van der Waals surface area contributed by atoms with E-state index in [9.17, 15) is 35.1 Å². The smallest absolute Gasteiger partial charge is 0.186 e. The number of hydrogen-bond donors (Lipinski definition) is 2. The van der Waals surface area contributed by atoms with Crippen LogP contribution in [0.2, 0.25) is 0 Å². The van der Waals surface area contributed by atoms with E-state index in [-0.39, 0.29) is 0 Å². The fraction of sp³-hybridized carbons (Fsp3) is 0.125. The summed E-state index contributed by atoms with van der Waals surface area (Å²) in [6.07, 6.45) is 0. The van der Waals surface area contributed by atoms with Crippen LogP contribution in [-0.4, -0.2) is 0 Å². The van der Waals surface area contributed by atoms with Crippen LogP contribution in [0.25, 0.3) is 0 Å². The summed E-state index contributed by atoms with van der Waals surface area (Å²) in [5.41, 5.74) is -3.65. The van der Waals surface area contributed by atoms with Crippen molar-refractivity contribution in [1.82, 2.24) is 0 Å². The lowest BCUT2D eigenvalue weighted by molar-refractivity contribution is 0.453. The Morgan fingerprint density at radius 3 is 1.02 bits per heavy atom. The predicted octanol–water partition coefficient (Wildman–Crippen LogP) is 8.55. The molecule has 0 radical (unpaired) electrons. The minimum Gasteiger partial charge on any atom is -0.374 e. The van der Waals surface area contributed by atoms with Gasteiger partial charge < -0.3 is 10.6 Å². The highest BCUT2D eigenvalue weighted by atomic mass is 19.2. The SMILES string of the molecule is CC(Nc1c(F)c(F)c(C#CC#Cc2c(F)c(F)c(NC(C)c3ccccc3)c(F)c2F)c(F)c1F)c1ccccc1. The zero-order valence-corrected chi connectivity index (χ0v) is 22.0. The lowest BCUT2D eigenvalue weighted by Gasteiger charge is -2.18. The molecule has 2 unspecified atom stereocenters. The lowest BCUT2D eigenvalue weighted by Crippen LogP contribution is -2.13. The number of nitrogens with one attached hydrogen (secondary N) is 2. The van der Waals surface area contributed by atoms with Crippen LogP contribution in [0.4, 0.5) is 46.5 Å². The first kappa shape index (κ1) is 30.0. The van der Waals surface area contributed by atoms with Crippen molar-refractivity contribution < 1.29 is 35.1 Å². The molecular weight excluding hydrogens is 564 g/mol. The molecule has 4 aromatic carbocycles. The number of halogens is 8. The van der Waals surface area contributed by atoms with Crippen LogP contribution in [0, 0.1) is 70.2 Å². The van der Waals surface area contributed by atoms with Crippen LogP contribution >= 0.6 is 0 Å². The first-order chi connectivity index (χ1) is 20.0. The van der Waals surface area contributed by atoms with Crippen LogP contribution in [0.3, 0.4) is 0 Å². The molecule has 0 fully saturated rings. The first-order valence-electron chi connectivity index (χ1n) is 12.4. The molecule has 2 N–H and O–H groups in total. The van der Waals surface area contributed by atoms with Crippen molar-refractivity contribution in [3.05, 3.63) is 129 Å². The highest BCUT2D eigenvalue weighted by Gasteiger charge is 2.27. The molecule has 0 heterocycles. The molecule has 0 bridgehead atoms. The normalized spacial score (nSPS) is 12.0. The fourth-order valence-electron chi connectivity index (χ4n) is 4.01. The van der Waals surface area contributed by atoms with Gasteiger partial charge in [0.05, 0.1) is 0 Å². The molecule has 10 heteroatoms. The molecule has 0 aliphatic heterocycles. The van der Waals surface area contributed by atoms with Crippen molar-refractivity contribution in [3.63, 3.8) is 0 Å². The molecule has 0 aliphatic carbocycles. The van der Waals surface area contributed by atoms with Gasteiger partial charge in [-0.05, 0) is 48.7 Å². The molecule has 0 amide bonds. The van der Waals surface area contributed by atoms with Crippen LogP contribution in [0.15, 0.2) is 60.7 Å². The van der Waals surface area contributed by atoms with Gasteiger partial charge in [-0.2, -0.15) is 0 Å². The second kappa shape index (κ2) is 12.7. The topological polar surface area (TPSA) is 24.1 Å². The highest BCUT2D eigenvalue weighted by molar-refractivity contribution is 5.57. The molecule has 0 saturated carbocycles. The Morgan fingerprint density at radius 1 is 0.452 bits per heavy atom. The number of anilines is 2. The summed E-state index contributed by atoms with van der Waals surface area (Å²) >= 11 is 0. The van der Waals surface area contributed by atoms with E-state index in [1.54, 1.807) is 84.3 Å². The average Bonchev–Trinajstić information content (AvgIpc) is 3.01. The molecule has 4 aromatic rings. The summed E-state index contributed by atoms with van der Waals surface area (Å²) in [5, 5.41) is 4.75. The zero-order valence-electron chi connectivity index (χ0n) is 22.0. The summed E-state index contributed by atoms with van der Waals surface area (Å²) in [4.78, 5) is 0. The second-order valence-electron chi connectivity index (χ2n) is 9.07. The Balaban J connectivity index is 1.62. The predicted molar refractivity (Wildman–Crippen MR) is 143 cm³/mol. The maximum atomic E-state index is 14.6. The highest BCUT2D eigenvalue weighted by Crippen LogP contribution is 2.32. The quantitative estimate of drug-likeness (QED) is 0.135. The third kappa shape index (κ3) is 6.03. The molecule has 0 aromatic heterocycles. The zero-order chi connectivity index (χ0) is 30.6. The van der Waals surface area contributed by atoms with E-state index in [0.717, 1.165) is 0 Å². The van der Waals surface area contributed by atoms with Crippen molar-refractivity contribution in [3.8, 4) is 23.7 Å². The van der Waals surface area contributed by atoms with E-state index in [2.05, 4.69) is 10.6 Å². The third-order valence-corrected chi connectivity index (χ3v) is 6.29. The van der Waals surface area contributed by atoms with E-state index < -0.39 is 81.1 Å². The molecular formula is C32H20F8N2. The lowest BCUT2D eigenvalue weighted by atomic mass is 10.1. The first-order valence-corrected chi connectivity index (χ1v) is 12.4. The molecule has 4 rings (SSSR count). The van der Waals surface area contributed by atoms with E-state index in [1.807, 2.05) is 0 Å². The van der Waals surface area contributed by atoms with Crippen molar-refractivity contribution in [2.75, 3.05) is 10.6 Å². The van der Waals surface area contributed by atoms with Gasteiger partial charge in [-0.1, -0.05) is 60.7 Å². The van der Waals surface area contributed by atoms with Gasteiger partial charge in [0.1, 0.15) is 22.5 Å².